The molecule has 3 heteroatoms. The van der Waals surface area contributed by atoms with Crippen molar-refractivity contribution in [1.29, 1.82) is 0 Å². The van der Waals surface area contributed by atoms with Gasteiger partial charge in [0.15, 0.2) is 0 Å². The van der Waals surface area contributed by atoms with Gasteiger partial charge >= 0.3 is 0 Å². The summed E-state index contributed by atoms with van der Waals surface area (Å²) in [5.41, 5.74) is 1.23. The third-order valence-corrected chi connectivity index (χ3v) is 4.11. The topological polar surface area (TPSA) is 24.9 Å². The molecule has 2 nitrogen and oxygen atoms in total. The Kier molecular flexibility index (Phi) is 3.29. The molecule has 0 spiro atoms. The van der Waals surface area contributed by atoms with Crippen molar-refractivity contribution in [2.45, 2.75) is 39.2 Å². The monoisotopic (exact) mass is 268 g/mol. The Morgan fingerprint density at radius 3 is 2.80 bits per heavy atom. The minimum absolute atomic E-state index is 0.548. The van der Waals surface area contributed by atoms with Crippen molar-refractivity contribution in [3.63, 3.8) is 0 Å². The molecule has 1 aliphatic rings. The van der Waals surface area contributed by atoms with Crippen molar-refractivity contribution < 1.29 is 0 Å². The van der Waals surface area contributed by atoms with Gasteiger partial charge in [0.2, 0.25) is 0 Å². The molecule has 0 saturated heterocycles. The Balaban J connectivity index is 2.00. The highest BCUT2D eigenvalue weighted by Crippen LogP contribution is 2.31. The molecular weight excluding hydrogens is 252 g/mol. The molecule has 0 amide bonds. The van der Waals surface area contributed by atoms with Gasteiger partial charge in [-0.05, 0) is 60.2 Å². The maximum Gasteiger partial charge on any atom is 0.126 e. The van der Waals surface area contributed by atoms with Crippen LogP contribution in [0.15, 0.2) is 16.7 Å². The van der Waals surface area contributed by atoms with Crippen LogP contribution < -0.4 is 5.32 Å². The summed E-state index contributed by atoms with van der Waals surface area (Å²) in [4.78, 5) is 4.36. The van der Waals surface area contributed by atoms with Crippen LogP contribution in [0.2, 0.25) is 0 Å². The lowest BCUT2D eigenvalue weighted by atomic mass is 9.80. The van der Waals surface area contributed by atoms with Crippen molar-refractivity contribution in [2.24, 2.45) is 5.92 Å². The highest BCUT2D eigenvalue weighted by atomic mass is 79.9. The first-order chi connectivity index (χ1) is 7.16. The van der Waals surface area contributed by atoms with E-state index in [2.05, 4.69) is 46.1 Å². The summed E-state index contributed by atoms with van der Waals surface area (Å²) in [5, 5.41) is 3.48. The number of hydrogen-bond donors (Lipinski definition) is 1. The minimum Gasteiger partial charge on any atom is -0.367 e. The van der Waals surface area contributed by atoms with Crippen LogP contribution >= 0.6 is 15.9 Å². The second-order valence-corrected chi connectivity index (χ2v) is 5.30. The number of pyridine rings is 1. The first kappa shape index (κ1) is 10.9. The van der Waals surface area contributed by atoms with E-state index in [1.54, 1.807) is 0 Å². The Bertz CT molecular complexity index is 347. The van der Waals surface area contributed by atoms with E-state index >= 15 is 0 Å². The van der Waals surface area contributed by atoms with Gasteiger partial charge in [0.1, 0.15) is 5.82 Å². The fraction of sp³-hybridized carbons (Fsp3) is 0.583. The van der Waals surface area contributed by atoms with Gasteiger partial charge in [-0.1, -0.05) is 6.42 Å². The summed E-state index contributed by atoms with van der Waals surface area (Å²) in [6.45, 7) is 4.34. The molecule has 1 N–H and O–H groups in total. The zero-order chi connectivity index (χ0) is 10.8. The van der Waals surface area contributed by atoms with Crippen molar-refractivity contribution >= 4 is 21.7 Å². The fourth-order valence-electron chi connectivity index (χ4n) is 1.91. The molecule has 2 rings (SSSR count). The van der Waals surface area contributed by atoms with E-state index in [-0.39, 0.29) is 0 Å². The lowest BCUT2D eigenvalue weighted by Crippen LogP contribution is -2.31. The average molecular weight is 269 g/mol. The normalized spacial score (nSPS) is 18.3. The lowest BCUT2D eigenvalue weighted by molar-refractivity contribution is 0.285. The Morgan fingerprint density at radius 2 is 2.27 bits per heavy atom. The maximum absolute atomic E-state index is 4.36. The van der Waals surface area contributed by atoms with E-state index in [0.717, 1.165) is 16.2 Å². The number of halogens is 1. The van der Waals surface area contributed by atoms with Crippen LogP contribution in [0.25, 0.3) is 0 Å². The molecule has 0 radical (unpaired) electrons. The second kappa shape index (κ2) is 4.52. The van der Waals surface area contributed by atoms with Crippen LogP contribution in [0.4, 0.5) is 5.82 Å². The highest BCUT2D eigenvalue weighted by molar-refractivity contribution is 9.10. The summed E-state index contributed by atoms with van der Waals surface area (Å²) in [6, 6.07) is 2.64. The van der Waals surface area contributed by atoms with Gasteiger partial charge in [0.05, 0.1) is 0 Å². The van der Waals surface area contributed by atoms with Gasteiger partial charge in [-0.25, -0.2) is 4.98 Å². The van der Waals surface area contributed by atoms with Gasteiger partial charge < -0.3 is 5.32 Å². The fourth-order valence-corrected chi connectivity index (χ4v) is 2.13. The van der Waals surface area contributed by atoms with E-state index in [1.807, 2.05) is 6.20 Å². The SMILES string of the molecule is Cc1cc(NC(C)C2CCC2)ncc1Br. The predicted molar refractivity (Wildman–Crippen MR) is 67.1 cm³/mol. The average Bonchev–Trinajstić information content (AvgIpc) is 2.08. The van der Waals surface area contributed by atoms with Gasteiger partial charge in [-0.15, -0.1) is 0 Å². The van der Waals surface area contributed by atoms with Gasteiger partial charge in [-0.2, -0.15) is 0 Å². The summed E-state index contributed by atoms with van der Waals surface area (Å²) in [6.07, 6.45) is 5.99. The second-order valence-electron chi connectivity index (χ2n) is 4.44. The van der Waals surface area contributed by atoms with Gasteiger partial charge in [-0.3, -0.25) is 0 Å². The zero-order valence-electron chi connectivity index (χ0n) is 9.26. The van der Waals surface area contributed by atoms with Crippen LogP contribution in [-0.4, -0.2) is 11.0 Å². The number of anilines is 1. The Hall–Kier alpha value is -0.570. The summed E-state index contributed by atoms with van der Waals surface area (Å²) < 4.78 is 1.07. The molecule has 1 atom stereocenters. The van der Waals surface area contributed by atoms with Crippen LogP contribution in [0.5, 0.6) is 0 Å². The molecule has 0 aromatic carbocycles. The van der Waals surface area contributed by atoms with Crippen molar-refractivity contribution in [3.8, 4) is 0 Å². The van der Waals surface area contributed by atoms with Crippen molar-refractivity contribution in [1.82, 2.24) is 4.98 Å². The Labute approximate surface area is 99.6 Å². The molecule has 1 saturated carbocycles. The highest BCUT2D eigenvalue weighted by Gasteiger charge is 2.23. The summed E-state index contributed by atoms with van der Waals surface area (Å²) in [5.74, 6) is 1.84. The van der Waals surface area contributed by atoms with E-state index in [0.29, 0.717) is 6.04 Å². The Morgan fingerprint density at radius 1 is 1.53 bits per heavy atom. The first-order valence-electron chi connectivity index (χ1n) is 5.55. The molecule has 15 heavy (non-hydrogen) atoms. The molecule has 1 fully saturated rings. The molecule has 1 unspecified atom stereocenters. The molecule has 82 valence electrons. The van der Waals surface area contributed by atoms with Crippen LogP contribution in [0.1, 0.15) is 31.7 Å². The van der Waals surface area contributed by atoms with Crippen molar-refractivity contribution in [2.75, 3.05) is 5.32 Å². The molecule has 1 aromatic heterocycles. The quantitative estimate of drug-likeness (QED) is 0.903. The van der Waals surface area contributed by atoms with E-state index < -0.39 is 0 Å². The smallest absolute Gasteiger partial charge is 0.126 e. The first-order valence-corrected chi connectivity index (χ1v) is 6.35. The number of nitrogens with one attached hydrogen (secondary N) is 1. The summed E-state index contributed by atoms with van der Waals surface area (Å²) >= 11 is 3.46. The van der Waals surface area contributed by atoms with Crippen molar-refractivity contribution in [3.05, 3.63) is 22.3 Å². The third-order valence-electron chi connectivity index (χ3n) is 3.28. The van der Waals surface area contributed by atoms with Crippen LogP contribution in [-0.2, 0) is 0 Å². The molecule has 0 bridgehead atoms. The molecule has 1 aromatic rings. The standard InChI is InChI=1S/C12H17BrN2/c1-8-6-12(14-7-11(8)13)15-9(2)10-4-3-5-10/h6-7,9-10H,3-5H2,1-2H3,(H,14,15). The number of aryl methyl sites for hydroxylation is 1. The van der Waals surface area contributed by atoms with Crippen LogP contribution in [0.3, 0.4) is 0 Å². The largest absolute Gasteiger partial charge is 0.367 e. The third kappa shape index (κ3) is 2.51. The van der Waals surface area contributed by atoms with Gasteiger partial charge in [0, 0.05) is 16.7 Å². The zero-order valence-corrected chi connectivity index (χ0v) is 10.8. The molecular formula is C12H17BrN2. The van der Waals surface area contributed by atoms with E-state index in [1.165, 1.54) is 24.8 Å². The maximum atomic E-state index is 4.36. The minimum atomic E-state index is 0.548. The summed E-state index contributed by atoms with van der Waals surface area (Å²) in [7, 11) is 0. The van der Waals surface area contributed by atoms with E-state index in [4.69, 9.17) is 0 Å². The number of aromatic nitrogens is 1. The van der Waals surface area contributed by atoms with Gasteiger partial charge in [0.25, 0.3) is 0 Å². The lowest BCUT2D eigenvalue weighted by Gasteiger charge is -2.32. The number of nitrogens with zero attached hydrogens (tertiary/aromatic N) is 1. The van der Waals surface area contributed by atoms with E-state index in [9.17, 15) is 0 Å². The molecule has 1 aliphatic carbocycles. The number of hydrogen-bond acceptors (Lipinski definition) is 2. The predicted octanol–water partition coefficient (Wildman–Crippen LogP) is 3.75. The number of rotatable bonds is 3. The van der Waals surface area contributed by atoms with Crippen LogP contribution in [0, 0.1) is 12.8 Å². The molecule has 1 heterocycles. The molecule has 0 aliphatic heterocycles.